The van der Waals surface area contributed by atoms with E-state index in [0.29, 0.717) is 13.2 Å². The molecule has 0 unspecified atom stereocenters. The van der Waals surface area contributed by atoms with E-state index in [1.54, 1.807) is 7.05 Å². The molecular weight excluding hydrogens is 361 g/mol. The predicted octanol–water partition coefficient (Wildman–Crippen LogP) is 3.69. The zero-order valence-corrected chi connectivity index (χ0v) is 15.3. The Labute approximate surface area is 156 Å². The highest BCUT2D eigenvalue weighted by atomic mass is 35.5. The van der Waals surface area contributed by atoms with Gasteiger partial charge in [-0.15, -0.1) is 0 Å². The van der Waals surface area contributed by atoms with Gasteiger partial charge in [-0.1, -0.05) is 23.7 Å². The van der Waals surface area contributed by atoms with Crippen molar-refractivity contribution in [2.24, 2.45) is 0 Å². The molecule has 2 aromatic carbocycles. The molecule has 0 fully saturated rings. The number of likely N-dealkylation sites (N-methyl/N-ethyl adjacent to an activating group) is 1. The van der Waals surface area contributed by atoms with Crippen LogP contribution in [0.2, 0.25) is 5.02 Å². The van der Waals surface area contributed by atoms with Crippen molar-refractivity contribution in [1.82, 2.24) is 4.90 Å². The molecule has 0 bridgehead atoms. The van der Waals surface area contributed by atoms with E-state index in [9.17, 15) is 14.0 Å². The Kier molecular flexibility index (Phi) is 6.97. The third kappa shape index (κ3) is 5.46. The SMILES string of the molecule is CCOc1ccc(CN(C)C(=O)COC(=O)c2cc(Cl)ccc2F)cc1. The van der Waals surface area contributed by atoms with Crippen molar-refractivity contribution in [3.8, 4) is 5.75 Å². The van der Waals surface area contributed by atoms with Gasteiger partial charge < -0.3 is 14.4 Å². The van der Waals surface area contributed by atoms with Gasteiger partial charge in [-0.25, -0.2) is 9.18 Å². The second kappa shape index (κ2) is 9.20. The number of carbonyl (C=O) groups excluding carboxylic acids is 2. The molecule has 0 atom stereocenters. The van der Waals surface area contributed by atoms with E-state index in [-0.39, 0.29) is 10.6 Å². The summed E-state index contributed by atoms with van der Waals surface area (Å²) in [6, 6.07) is 10.9. The molecule has 0 radical (unpaired) electrons. The fourth-order valence-electron chi connectivity index (χ4n) is 2.19. The number of nitrogens with zero attached hydrogens (tertiary/aromatic N) is 1. The molecule has 1 amide bonds. The highest BCUT2D eigenvalue weighted by Gasteiger charge is 2.17. The molecule has 0 heterocycles. The van der Waals surface area contributed by atoms with E-state index < -0.39 is 24.3 Å². The lowest BCUT2D eigenvalue weighted by molar-refractivity contribution is -0.133. The molecule has 0 N–H and O–H groups in total. The van der Waals surface area contributed by atoms with Crippen molar-refractivity contribution < 1.29 is 23.5 Å². The molecule has 2 rings (SSSR count). The molecule has 0 saturated carbocycles. The smallest absolute Gasteiger partial charge is 0.341 e. The van der Waals surface area contributed by atoms with Gasteiger partial charge in [0.2, 0.25) is 0 Å². The molecule has 0 aliphatic heterocycles. The Morgan fingerprint density at radius 2 is 1.85 bits per heavy atom. The molecule has 0 aromatic heterocycles. The predicted molar refractivity (Wildman–Crippen MR) is 95.8 cm³/mol. The minimum Gasteiger partial charge on any atom is -0.494 e. The lowest BCUT2D eigenvalue weighted by Crippen LogP contribution is -2.30. The first-order valence-electron chi connectivity index (χ1n) is 7.98. The standard InChI is InChI=1S/C19H19ClFNO4/c1-3-25-15-7-4-13(5-8-15)11-22(2)18(23)12-26-19(24)16-10-14(20)6-9-17(16)21/h4-10H,3,11-12H2,1-2H3. The van der Waals surface area contributed by atoms with Gasteiger partial charge in [-0.2, -0.15) is 0 Å². The van der Waals surface area contributed by atoms with Gasteiger partial charge in [-0.05, 0) is 42.8 Å². The summed E-state index contributed by atoms with van der Waals surface area (Å²) in [5.74, 6) is -1.35. The number of halogens is 2. The maximum Gasteiger partial charge on any atom is 0.341 e. The summed E-state index contributed by atoms with van der Waals surface area (Å²) in [7, 11) is 1.59. The average molecular weight is 380 g/mol. The number of carbonyl (C=O) groups is 2. The van der Waals surface area contributed by atoms with E-state index >= 15 is 0 Å². The third-order valence-electron chi connectivity index (χ3n) is 3.55. The number of benzene rings is 2. The second-order valence-electron chi connectivity index (χ2n) is 5.53. The van der Waals surface area contributed by atoms with Crippen LogP contribution in [0, 0.1) is 5.82 Å². The monoisotopic (exact) mass is 379 g/mol. The fourth-order valence-corrected chi connectivity index (χ4v) is 2.36. The van der Waals surface area contributed by atoms with Gasteiger partial charge in [0.25, 0.3) is 5.91 Å². The molecule has 0 aliphatic rings. The molecule has 5 nitrogen and oxygen atoms in total. The first kappa shape index (κ1) is 19.7. The minimum absolute atomic E-state index is 0.206. The van der Waals surface area contributed by atoms with Crippen molar-refractivity contribution in [2.75, 3.05) is 20.3 Å². The van der Waals surface area contributed by atoms with E-state index in [1.807, 2.05) is 31.2 Å². The number of amides is 1. The van der Waals surface area contributed by atoms with Crippen LogP contribution in [0.3, 0.4) is 0 Å². The maximum atomic E-state index is 13.6. The van der Waals surface area contributed by atoms with E-state index in [2.05, 4.69) is 0 Å². The first-order valence-corrected chi connectivity index (χ1v) is 8.36. The Morgan fingerprint density at radius 1 is 1.15 bits per heavy atom. The summed E-state index contributed by atoms with van der Waals surface area (Å²) in [5.41, 5.74) is 0.594. The molecule has 0 spiro atoms. The van der Waals surface area contributed by atoms with Crippen LogP contribution in [0.25, 0.3) is 0 Å². The van der Waals surface area contributed by atoms with Crippen molar-refractivity contribution in [1.29, 1.82) is 0 Å². The largest absolute Gasteiger partial charge is 0.494 e. The summed E-state index contributed by atoms with van der Waals surface area (Å²) >= 11 is 5.74. The van der Waals surface area contributed by atoms with Crippen LogP contribution < -0.4 is 4.74 Å². The van der Waals surface area contributed by atoms with Gasteiger partial charge in [0.1, 0.15) is 11.6 Å². The Bertz CT molecular complexity index is 780. The number of esters is 1. The summed E-state index contributed by atoms with van der Waals surface area (Å²) < 4.78 is 23.9. The van der Waals surface area contributed by atoms with Crippen LogP contribution in [0.15, 0.2) is 42.5 Å². The van der Waals surface area contributed by atoms with E-state index in [0.717, 1.165) is 23.4 Å². The molecule has 0 saturated heterocycles. The Morgan fingerprint density at radius 3 is 2.50 bits per heavy atom. The Hall–Kier alpha value is -2.60. The van der Waals surface area contributed by atoms with Crippen LogP contribution in [0.5, 0.6) is 5.75 Å². The van der Waals surface area contributed by atoms with Gasteiger partial charge in [0, 0.05) is 18.6 Å². The molecule has 2 aromatic rings. The number of hydrogen-bond donors (Lipinski definition) is 0. The van der Waals surface area contributed by atoms with Gasteiger partial charge in [0.15, 0.2) is 6.61 Å². The van der Waals surface area contributed by atoms with E-state index in [4.69, 9.17) is 21.1 Å². The van der Waals surface area contributed by atoms with Crippen molar-refractivity contribution >= 4 is 23.5 Å². The number of rotatable bonds is 7. The lowest BCUT2D eigenvalue weighted by atomic mass is 10.2. The van der Waals surface area contributed by atoms with Crippen LogP contribution in [0.4, 0.5) is 4.39 Å². The molecular formula is C19H19ClFNO4. The lowest BCUT2D eigenvalue weighted by Gasteiger charge is -2.17. The summed E-state index contributed by atoms with van der Waals surface area (Å²) in [5, 5.41) is 0.206. The van der Waals surface area contributed by atoms with Crippen molar-refractivity contribution in [2.45, 2.75) is 13.5 Å². The zero-order valence-electron chi connectivity index (χ0n) is 14.5. The van der Waals surface area contributed by atoms with Crippen LogP contribution in [-0.2, 0) is 16.1 Å². The summed E-state index contributed by atoms with van der Waals surface area (Å²) in [4.78, 5) is 25.4. The normalized spacial score (nSPS) is 10.3. The van der Waals surface area contributed by atoms with Crippen molar-refractivity contribution in [3.63, 3.8) is 0 Å². The molecule has 0 aliphatic carbocycles. The Balaban J connectivity index is 1.88. The van der Waals surface area contributed by atoms with Crippen LogP contribution >= 0.6 is 11.6 Å². The van der Waals surface area contributed by atoms with Crippen LogP contribution in [0.1, 0.15) is 22.8 Å². The summed E-state index contributed by atoms with van der Waals surface area (Å²) in [6.45, 7) is 2.33. The number of ether oxygens (including phenoxy) is 2. The zero-order chi connectivity index (χ0) is 19.1. The van der Waals surface area contributed by atoms with Gasteiger partial charge in [0.05, 0.1) is 12.2 Å². The van der Waals surface area contributed by atoms with Crippen molar-refractivity contribution in [3.05, 3.63) is 64.4 Å². The topological polar surface area (TPSA) is 55.8 Å². The first-order chi connectivity index (χ1) is 12.4. The fraction of sp³-hybridized carbons (Fsp3) is 0.263. The minimum atomic E-state index is -0.937. The quantitative estimate of drug-likeness (QED) is 0.688. The number of hydrogen-bond acceptors (Lipinski definition) is 4. The van der Waals surface area contributed by atoms with Crippen LogP contribution in [-0.4, -0.2) is 37.0 Å². The highest BCUT2D eigenvalue weighted by Crippen LogP contribution is 2.16. The van der Waals surface area contributed by atoms with E-state index in [1.165, 1.54) is 11.0 Å². The average Bonchev–Trinajstić information content (AvgIpc) is 2.63. The maximum absolute atomic E-state index is 13.6. The third-order valence-corrected chi connectivity index (χ3v) is 3.79. The molecule has 7 heteroatoms. The second-order valence-corrected chi connectivity index (χ2v) is 5.96. The summed E-state index contributed by atoms with van der Waals surface area (Å²) in [6.07, 6.45) is 0. The van der Waals surface area contributed by atoms with Gasteiger partial charge >= 0.3 is 5.97 Å². The van der Waals surface area contributed by atoms with Gasteiger partial charge in [-0.3, -0.25) is 4.79 Å². The molecule has 26 heavy (non-hydrogen) atoms. The highest BCUT2D eigenvalue weighted by molar-refractivity contribution is 6.30. The molecule has 138 valence electrons.